The third kappa shape index (κ3) is 3.68. The molecule has 1 saturated heterocycles. The van der Waals surface area contributed by atoms with E-state index < -0.39 is 10.0 Å². The number of rotatable bonds is 5. The largest absolute Gasteiger partial charge is 0.353 e. The van der Waals surface area contributed by atoms with Crippen LogP contribution in [0.4, 0.5) is 5.82 Å². The fraction of sp³-hybridized carbons (Fsp3) is 0.526. The zero-order chi connectivity index (χ0) is 20.3. The summed E-state index contributed by atoms with van der Waals surface area (Å²) in [6, 6.07) is 3.97. The molecule has 2 N–H and O–H groups in total. The van der Waals surface area contributed by atoms with Crippen LogP contribution in [0, 0.1) is 0 Å². The lowest BCUT2D eigenvalue weighted by Crippen LogP contribution is -2.54. The SMILES string of the molecule is C=C(S)c1cnn2c(N3C[C@H](C)N[C@@H](C)C3)cc(S(=O)(=O)NC3(C)CC3)cc12. The molecule has 152 valence electrons. The number of fused-ring (bicyclic) bond motifs is 1. The molecule has 2 atom stereocenters. The summed E-state index contributed by atoms with van der Waals surface area (Å²) in [4.78, 5) is 2.99. The molecule has 0 spiro atoms. The van der Waals surface area contributed by atoms with Crippen molar-refractivity contribution in [2.75, 3.05) is 18.0 Å². The number of anilines is 1. The first-order valence-corrected chi connectivity index (χ1v) is 11.5. The fourth-order valence-corrected chi connectivity index (χ4v) is 5.50. The highest BCUT2D eigenvalue weighted by atomic mass is 32.2. The Kier molecular flexibility index (Phi) is 4.77. The molecule has 3 heterocycles. The van der Waals surface area contributed by atoms with Crippen molar-refractivity contribution in [3.05, 3.63) is 30.5 Å². The molecule has 1 aliphatic carbocycles. The second kappa shape index (κ2) is 6.76. The quantitative estimate of drug-likeness (QED) is 0.646. The topological polar surface area (TPSA) is 78.7 Å². The Labute approximate surface area is 171 Å². The molecule has 7 nitrogen and oxygen atoms in total. The number of nitrogens with one attached hydrogen (secondary N) is 2. The molecule has 2 aromatic heterocycles. The number of aromatic nitrogens is 2. The molecule has 2 aliphatic rings. The highest BCUT2D eigenvalue weighted by molar-refractivity contribution is 7.90. The van der Waals surface area contributed by atoms with Crippen LogP contribution in [-0.2, 0) is 10.0 Å². The van der Waals surface area contributed by atoms with Gasteiger partial charge in [0, 0.05) is 47.2 Å². The van der Waals surface area contributed by atoms with Crippen molar-refractivity contribution in [3.63, 3.8) is 0 Å². The third-order valence-electron chi connectivity index (χ3n) is 5.46. The first kappa shape index (κ1) is 19.8. The second-order valence-corrected chi connectivity index (χ2v) is 10.6. The first-order chi connectivity index (χ1) is 13.1. The van der Waals surface area contributed by atoms with Crippen LogP contribution in [0.2, 0.25) is 0 Å². The van der Waals surface area contributed by atoms with Gasteiger partial charge in [0.2, 0.25) is 10.0 Å². The van der Waals surface area contributed by atoms with Crippen LogP contribution in [0.3, 0.4) is 0 Å². The Morgan fingerprint density at radius 3 is 2.54 bits per heavy atom. The van der Waals surface area contributed by atoms with Crippen LogP contribution in [0.15, 0.2) is 29.8 Å². The Hall–Kier alpha value is -1.55. The lowest BCUT2D eigenvalue weighted by molar-refractivity contribution is 0.403. The lowest BCUT2D eigenvalue weighted by Gasteiger charge is -2.37. The molecule has 9 heteroatoms. The summed E-state index contributed by atoms with van der Waals surface area (Å²) in [6.45, 7) is 11.6. The molecule has 0 unspecified atom stereocenters. The van der Waals surface area contributed by atoms with Gasteiger partial charge in [0.1, 0.15) is 5.82 Å². The smallest absolute Gasteiger partial charge is 0.241 e. The lowest BCUT2D eigenvalue weighted by atomic mass is 10.1. The van der Waals surface area contributed by atoms with Gasteiger partial charge >= 0.3 is 0 Å². The molecule has 0 amide bonds. The van der Waals surface area contributed by atoms with Gasteiger partial charge in [-0.1, -0.05) is 6.58 Å². The monoisotopic (exact) mass is 421 g/mol. The summed E-state index contributed by atoms with van der Waals surface area (Å²) in [5.41, 5.74) is 1.09. The molecular formula is C19H27N5O2S2. The number of sulfonamides is 1. The Morgan fingerprint density at radius 1 is 1.32 bits per heavy atom. The zero-order valence-electron chi connectivity index (χ0n) is 16.4. The van der Waals surface area contributed by atoms with Crippen molar-refractivity contribution in [1.29, 1.82) is 0 Å². The maximum Gasteiger partial charge on any atom is 0.241 e. The van der Waals surface area contributed by atoms with Gasteiger partial charge in [0.25, 0.3) is 0 Å². The fourth-order valence-electron chi connectivity index (χ4n) is 3.83. The van der Waals surface area contributed by atoms with Crippen molar-refractivity contribution in [3.8, 4) is 0 Å². The van der Waals surface area contributed by atoms with E-state index in [0.717, 1.165) is 37.3 Å². The number of piperazine rings is 1. The molecule has 0 bridgehead atoms. The minimum absolute atomic E-state index is 0.248. The summed E-state index contributed by atoms with van der Waals surface area (Å²) in [5.74, 6) is 0.764. The van der Waals surface area contributed by atoms with E-state index in [0.29, 0.717) is 10.4 Å². The highest BCUT2D eigenvalue weighted by Gasteiger charge is 2.41. The van der Waals surface area contributed by atoms with E-state index in [1.54, 1.807) is 22.8 Å². The number of pyridine rings is 1. The van der Waals surface area contributed by atoms with Crippen LogP contribution in [-0.4, -0.2) is 48.7 Å². The normalized spacial score (nSPS) is 24.5. The molecule has 4 rings (SSSR count). The Morgan fingerprint density at radius 2 is 1.96 bits per heavy atom. The number of thiol groups is 1. The zero-order valence-corrected chi connectivity index (χ0v) is 18.1. The van der Waals surface area contributed by atoms with Gasteiger partial charge in [-0.15, -0.1) is 12.6 Å². The van der Waals surface area contributed by atoms with Gasteiger partial charge in [-0.3, -0.25) is 0 Å². The second-order valence-electron chi connectivity index (χ2n) is 8.39. The minimum Gasteiger partial charge on any atom is -0.353 e. The predicted molar refractivity (Wildman–Crippen MR) is 115 cm³/mol. The average Bonchev–Trinajstić information content (AvgIpc) is 3.14. The predicted octanol–water partition coefficient (Wildman–Crippen LogP) is 2.25. The highest BCUT2D eigenvalue weighted by Crippen LogP contribution is 2.37. The first-order valence-electron chi connectivity index (χ1n) is 9.53. The molecule has 0 radical (unpaired) electrons. The van der Waals surface area contributed by atoms with Gasteiger partial charge in [0.05, 0.1) is 16.6 Å². The van der Waals surface area contributed by atoms with E-state index in [9.17, 15) is 8.42 Å². The molecule has 2 fully saturated rings. The van der Waals surface area contributed by atoms with E-state index >= 15 is 0 Å². The van der Waals surface area contributed by atoms with Crippen LogP contribution in [0.25, 0.3) is 10.4 Å². The van der Waals surface area contributed by atoms with Gasteiger partial charge in [-0.05, 0) is 39.7 Å². The van der Waals surface area contributed by atoms with E-state index in [2.05, 4.69) is 53.1 Å². The minimum atomic E-state index is -3.64. The van der Waals surface area contributed by atoms with Crippen LogP contribution in [0.1, 0.15) is 39.2 Å². The molecule has 0 aromatic carbocycles. The van der Waals surface area contributed by atoms with Crippen molar-refractivity contribution in [1.82, 2.24) is 19.7 Å². The summed E-state index contributed by atoms with van der Waals surface area (Å²) >= 11 is 4.37. The van der Waals surface area contributed by atoms with Crippen LogP contribution >= 0.6 is 12.6 Å². The van der Waals surface area contributed by atoms with Crippen molar-refractivity contribution >= 4 is 38.9 Å². The number of nitrogens with zero attached hydrogens (tertiary/aromatic N) is 3. The summed E-state index contributed by atoms with van der Waals surface area (Å²) in [6.07, 6.45) is 3.41. The number of hydrogen-bond acceptors (Lipinski definition) is 6. The van der Waals surface area contributed by atoms with Gasteiger partial charge in [0.15, 0.2) is 0 Å². The summed E-state index contributed by atoms with van der Waals surface area (Å²) in [5, 5.41) is 8.01. The van der Waals surface area contributed by atoms with Gasteiger partial charge in [-0.25, -0.2) is 17.7 Å². The van der Waals surface area contributed by atoms with E-state index in [-0.39, 0.29) is 22.5 Å². The van der Waals surface area contributed by atoms with Crippen molar-refractivity contribution < 1.29 is 8.42 Å². The molecule has 2 aromatic rings. The third-order valence-corrected chi connectivity index (χ3v) is 7.32. The molecule has 28 heavy (non-hydrogen) atoms. The summed E-state index contributed by atoms with van der Waals surface area (Å²) in [7, 11) is -3.64. The standard InChI is InChI=1S/C19H27N5O2S2/c1-12-10-23(11-13(2)21-12)18-8-15(28(25,26)22-19(4)5-6-19)7-17-16(14(3)27)9-20-24(17)18/h7-9,12-13,21-22,27H,3,5-6,10-11H2,1-2,4H3/t12-,13-/m0/s1. The summed E-state index contributed by atoms with van der Waals surface area (Å²) < 4.78 is 30.8. The van der Waals surface area contributed by atoms with Crippen molar-refractivity contribution in [2.45, 2.75) is 56.1 Å². The molecular weight excluding hydrogens is 394 g/mol. The van der Waals surface area contributed by atoms with E-state index in [1.807, 2.05) is 6.92 Å². The van der Waals surface area contributed by atoms with Crippen molar-refractivity contribution in [2.24, 2.45) is 0 Å². The van der Waals surface area contributed by atoms with Crippen LogP contribution < -0.4 is 14.9 Å². The Balaban J connectivity index is 1.87. The maximum absolute atomic E-state index is 13.1. The molecule has 1 saturated carbocycles. The Bertz CT molecular complexity index is 1030. The molecule has 1 aliphatic heterocycles. The van der Waals surface area contributed by atoms with Crippen LogP contribution in [0.5, 0.6) is 0 Å². The maximum atomic E-state index is 13.1. The average molecular weight is 422 g/mol. The van der Waals surface area contributed by atoms with Gasteiger partial charge in [-0.2, -0.15) is 5.10 Å². The number of hydrogen-bond donors (Lipinski definition) is 3. The van der Waals surface area contributed by atoms with Gasteiger partial charge < -0.3 is 10.2 Å². The van der Waals surface area contributed by atoms with E-state index in [4.69, 9.17) is 0 Å². The van der Waals surface area contributed by atoms with E-state index in [1.165, 1.54) is 0 Å².